The van der Waals surface area contributed by atoms with Gasteiger partial charge in [-0.05, 0) is 64.3 Å². The first kappa shape index (κ1) is 14.4. The molecule has 0 unspecified atom stereocenters. The summed E-state index contributed by atoms with van der Waals surface area (Å²) in [6, 6.07) is 13.4. The van der Waals surface area contributed by atoms with Gasteiger partial charge in [0.1, 0.15) is 16.1 Å². The number of benzene rings is 2. The number of nitrogens with zero attached hydrogens (tertiary/aromatic N) is 1. The summed E-state index contributed by atoms with van der Waals surface area (Å²) >= 11 is 9.23. The largest absolute Gasteiger partial charge is 0.457 e. The van der Waals surface area contributed by atoms with Crippen LogP contribution < -0.4 is 4.74 Å². The number of hydrogen-bond donors (Lipinski definition) is 0. The summed E-state index contributed by atoms with van der Waals surface area (Å²) in [5, 5.41) is 4.61. The molecule has 0 saturated carbocycles. The number of ether oxygens (including phenoxy) is 1. The third-order valence-electron chi connectivity index (χ3n) is 3.26. The van der Waals surface area contributed by atoms with E-state index in [0.717, 1.165) is 33.7 Å². The van der Waals surface area contributed by atoms with E-state index < -0.39 is 0 Å². The lowest BCUT2D eigenvalue weighted by Crippen LogP contribution is -1.98. The minimum atomic E-state index is -0.0625. The van der Waals surface area contributed by atoms with Crippen molar-refractivity contribution in [3.63, 3.8) is 0 Å². The minimum absolute atomic E-state index is 0.0625. The highest BCUT2D eigenvalue weighted by Gasteiger charge is 2.22. The zero-order valence-corrected chi connectivity index (χ0v) is 13.7. The van der Waals surface area contributed by atoms with Gasteiger partial charge in [-0.15, -0.1) is 0 Å². The maximum absolute atomic E-state index is 5.93. The van der Waals surface area contributed by atoms with Gasteiger partial charge in [0.25, 0.3) is 0 Å². The van der Waals surface area contributed by atoms with Gasteiger partial charge in [0.15, 0.2) is 6.10 Å². The zero-order chi connectivity index (χ0) is 14.8. The molecular formula is C16H13BrClNO2. The molecule has 108 valence electrons. The van der Waals surface area contributed by atoms with E-state index in [1.165, 1.54) is 0 Å². The van der Waals surface area contributed by atoms with Crippen LogP contribution in [0.5, 0.6) is 11.5 Å². The van der Waals surface area contributed by atoms with Crippen LogP contribution in [0.15, 0.2) is 47.6 Å². The molecule has 0 amide bonds. The summed E-state index contributed by atoms with van der Waals surface area (Å²) in [6.45, 7) is 2.01. The Labute approximate surface area is 136 Å². The molecule has 0 spiro atoms. The second-order valence-electron chi connectivity index (χ2n) is 4.85. The smallest absolute Gasteiger partial charge is 0.158 e. The van der Waals surface area contributed by atoms with Gasteiger partial charge >= 0.3 is 0 Å². The Morgan fingerprint density at radius 1 is 1.24 bits per heavy atom. The standard InChI is InChI=1S/C16H13BrClNO2/c1-10-2-3-11(15-9-16(17)19-21-15)8-14(10)20-13-6-4-12(18)5-7-13/h2-8,15H,9H2,1H3/t15-/m1/s1. The molecular weight excluding hydrogens is 354 g/mol. The fraction of sp³-hybridized carbons (Fsp3) is 0.188. The van der Waals surface area contributed by atoms with E-state index in [2.05, 4.69) is 21.1 Å². The maximum Gasteiger partial charge on any atom is 0.158 e. The number of oxime groups is 1. The van der Waals surface area contributed by atoms with Gasteiger partial charge in [0, 0.05) is 11.4 Å². The lowest BCUT2D eigenvalue weighted by Gasteiger charge is -2.13. The summed E-state index contributed by atoms with van der Waals surface area (Å²) < 4.78 is 6.75. The highest BCUT2D eigenvalue weighted by molar-refractivity contribution is 9.18. The molecule has 0 bridgehead atoms. The summed E-state index contributed by atoms with van der Waals surface area (Å²) in [4.78, 5) is 5.38. The molecule has 0 saturated heterocycles. The topological polar surface area (TPSA) is 30.8 Å². The van der Waals surface area contributed by atoms with Gasteiger partial charge < -0.3 is 9.57 Å². The molecule has 0 radical (unpaired) electrons. The number of halogens is 2. The number of rotatable bonds is 3. The molecule has 0 aliphatic carbocycles. The van der Waals surface area contributed by atoms with Crippen molar-refractivity contribution in [1.82, 2.24) is 0 Å². The van der Waals surface area contributed by atoms with Crippen molar-refractivity contribution >= 4 is 32.2 Å². The highest BCUT2D eigenvalue weighted by atomic mass is 79.9. The van der Waals surface area contributed by atoms with Crippen LogP contribution in [0.4, 0.5) is 0 Å². The molecule has 21 heavy (non-hydrogen) atoms. The summed E-state index contributed by atoms with van der Waals surface area (Å²) in [7, 11) is 0. The van der Waals surface area contributed by atoms with Crippen molar-refractivity contribution in [1.29, 1.82) is 0 Å². The first-order chi connectivity index (χ1) is 10.1. The van der Waals surface area contributed by atoms with Gasteiger partial charge in [0.05, 0.1) is 0 Å². The van der Waals surface area contributed by atoms with E-state index in [1.807, 2.05) is 37.3 Å². The van der Waals surface area contributed by atoms with Crippen molar-refractivity contribution in [2.75, 3.05) is 0 Å². The third-order valence-corrected chi connectivity index (χ3v) is 3.98. The Morgan fingerprint density at radius 2 is 2.00 bits per heavy atom. The molecule has 3 rings (SSSR count). The van der Waals surface area contributed by atoms with Crippen molar-refractivity contribution in [2.24, 2.45) is 5.16 Å². The molecule has 1 aliphatic rings. The lowest BCUT2D eigenvalue weighted by atomic mass is 10.0. The van der Waals surface area contributed by atoms with E-state index in [9.17, 15) is 0 Å². The van der Waals surface area contributed by atoms with Crippen molar-refractivity contribution in [3.05, 3.63) is 58.6 Å². The normalized spacial score (nSPS) is 17.3. The predicted octanol–water partition coefficient (Wildman–Crippen LogP) is 5.61. The molecule has 1 atom stereocenters. The van der Waals surface area contributed by atoms with E-state index in [1.54, 1.807) is 12.1 Å². The van der Waals surface area contributed by atoms with Gasteiger partial charge in [0.2, 0.25) is 0 Å². The molecule has 1 heterocycles. The average Bonchev–Trinajstić information content (AvgIpc) is 2.90. The van der Waals surface area contributed by atoms with Crippen LogP contribution >= 0.6 is 27.5 Å². The Morgan fingerprint density at radius 3 is 2.67 bits per heavy atom. The van der Waals surface area contributed by atoms with E-state index in [0.29, 0.717) is 5.02 Å². The molecule has 2 aromatic carbocycles. The Balaban J connectivity index is 1.83. The molecule has 0 fully saturated rings. The maximum atomic E-state index is 5.93. The highest BCUT2D eigenvalue weighted by Crippen LogP contribution is 2.34. The average molecular weight is 367 g/mol. The minimum Gasteiger partial charge on any atom is -0.457 e. The Bertz CT molecular complexity index is 685. The van der Waals surface area contributed by atoms with Gasteiger partial charge in [-0.1, -0.05) is 28.9 Å². The van der Waals surface area contributed by atoms with E-state index in [4.69, 9.17) is 21.2 Å². The fourth-order valence-corrected chi connectivity index (χ4v) is 2.59. The van der Waals surface area contributed by atoms with Gasteiger partial charge in [-0.2, -0.15) is 0 Å². The van der Waals surface area contributed by atoms with Crippen LogP contribution in [-0.4, -0.2) is 4.62 Å². The SMILES string of the molecule is Cc1ccc([C@H]2CC(Br)=NO2)cc1Oc1ccc(Cl)cc1. The van der Waals surface area contributed by atoms with E-state index in [-0.39, 0.29) is 6.10 Å². The van der Waals surface area contributed by atoms with Crippen molar-refractivity contribution < 1.29 is 9.57 Å². The molecule has 0 aromatic heterocycles. The Kier molecular flexibility index (Phi) is 4.17. The second-order valence-corrected chi connectivity index (χ2v) is 6.20. The molecule has 0 N–H and O–H groups in total. The monoisotopic (exact) mass is 365 g/mol. The molecule has 2 aromatic rings. The predicted molar refractivity (Wildman–Crippen MR) is 87.5 cm³/mol. The van der Waals surface area contributed by atoms with Crippen LogP contribution in [0, 0.1) is 6.92 Å². The first-order valence-electron chi connectivity index (χ1n) is 6.54. The molecule has 5 heteroatoms. The zero-order valence-electron chi connectivity index (χ0n) is 11.3. The van der Waals surface area contributed by atoms with Crippen LogP contribution in [0.1, 0.15) is 23.7 Å². The molecule has 1 aliphatic heterocycles. The van der Waals surface area contributed by atoms with Crippen LogP contribution in [0.25, 0.3) is 0 Å². The first-order valence-corrected chi connectivity index (χ1v) is 7.71. The third kappa shape index (κ3) is 3.39. The summed E-state index contributed by atoms with van der Waals surface area (Å²) in [5.41, 5.74) is 2.11. The molecule has 3 nitrogen and oxygen atoms in total. The van der Waals surface area contributed by atoms with Crippen LogP contribution in [0.3, 0.4) is 0 Å². The van der Waals surface area contributed by atoms with Gasteiger partial charge in [-0.25, -0.2) is 0 Å². The van der Waals surface area contributed by atoms with Crippen molar-refractivity contribution in [3.8, 4) is 11.5 Å². The lowest BCUT2D eigenvalue weighted by molar-refractivity contribution is 0.0856. The van der Waals surface area contributed by atoms with Crippen LogP contribution in [0.2, 0.25) is 5.02 Å². The summed E-state index contributed by atoms with van der Waals surface area (Å²) in [6.07, 6.45) is 0.677. The number of hydrogen-bond acceptors (Lipinski definition) is 3. The quantitative estimate of drug-likeness (QED) is 0.707. The summed E-state index contributed by atoms with van der Waals surface area (Å²) in [5.74, 6) is 1.56. The van der Waals surface area contributed by atoms with Crippen LogP contribution in [-0.2, 0) is 4.84 Å². The van der Waals surface area contributed by atoms with E-state index >= 15 is 0 Å². The number of aryl methyl sites for hydroxylation is 1. The second kappa shape index (κ2) is 6.08. The van der Waals surface area contributed by atoms with Gasteiger partial charge in [-0.3, -0.25) is 0 Å². The fourth-order valence-electron chi connectivity index (χ4n) is 2.08. The Hall–Kier alpha value is -1.52. The van der Waals surface area contributed by atoms with Crippen molar-refractivity contribution in [2.45, 2.75) is 19.4 Å².